The second-order valence-electron chi connectivity index (χ2n) is 10.6. The number of para-hydroxylation sites is 1. The number of likely N-dealkylation sites (N-methyl/N-ethyl adjacent to an activating group) is 1. The zero-order chi connectivity index (χ0) is 28.1. The molecule has 2 atom stereocenters. The van der Waals surface area contributed by atoms with Crippen LogP contribution in [0, 0.1) is 0 Å². The fraction of sp³-hybridized carbons (Fsp3) is 0.333. The quantitative estimate of drug-likeness (QED) is 0.402. The number of hydrogen-bond acceptors (Lipinski definition) is 4. The van der Waals surface area contributed by atoms with Crippen molar-refractivity contribution in [3.63, 3.8) is 0 Å². The van der Waals surface area contributed by atoms with Gasteiger partial charge in [-0.15, -0.1) is 0 Å². The van der Waals surface area contributed by atoms with Gasteiger partial charge < -0.3 is 19.9 Å². The van der Waals surface area contributed by atoms with Gasteiger partial charge in [0.25, 0.3) is 5.91 Å². The molecule has 0 saturated carbocycles. The number of nitrogens with one attached hydrogen (secondary N) is 1. The van der Waals surface area contributed by atoms with E-state index in [9.17, 15) is 9.59 Å². The molecule has 1 unspecified atom stereocenters. The molecule has 0 spiro atoms. The molecule has 1 saturated heterocycles. The second-order valence-corrected chi connectivity index (χ2v) is 11.0. The summed E-state index contributed by atoms with van der Waals surface area (Å²) in [6.45, 7) is 3.90. The lowest BCUT2D eigenvalue weighted by atomic mass is 9.82. The van der Waals surface area contributed by atoms with Gasteiger partial charge in [0.05, 0.1) is 17.7 Å². The Morgan fingerprint density at radius 3 is 2.38 bits per heavy atom. The SMILES string of the molecule is CC(=O)N1CC2CC(c3ccc(CCOc4ccccc4Cl)cc3)=C(C(=O)N(C)CCc3ccccc3)[C@@H](C1)N2. The summed E-state index contributed by atoms with van der Waals surface area (Å²) in [4.78, 5) is 29.9. The Labute approximate surface area is 241 Å². The molecule has 2 aliphatic heterocycles. The highest BCUT2D eigenvalue weighted by atomic mass is 35.5. The molecule has 0 aromatic heterocycles. The fourth-order valence-electron chi connectivity index (χ4n) is 5.59. The Bertz CT molecular complexity index is 1370. The van der Waals surface area contributed by atoms with Crippen molar-refractivity contribution in [3.8, 4) is 5.75 Å². The number of carbonyl (C=O) groups excluding carboxylic acids is 2. The third-order valence-electron chi connectivity index (χ3n) is 7.79. The molecule has 0 aliphatic carbocycles. The Balaban J connectivity index is 1.35. The van der Waals surface area contributed by atoms with Crippen molar-refractivity contribution in [2.24, 2.45) is 0 Å². The summed E-state index contributed by atoms with van der Waals surface area (Å²) in [6.07, 6.45) is 2.23. The highest BCUT2D eigenvalue weighted by Gasteiger charge is 2.39. The minimum absolute atomic E-state index is 0.0181. The lowest BCUT2D eigenvalue weighted by molar-refractivity contribution is -0.132. The average Bonchev–Trinajstić information content (AvgIpc) is 2.97. The zero-order valence-electron chi connectivity index (χ0n) is 23.1. The van der Waals surface area contributed by atoms with Crippen molar-refractivity contribution >= 4 is 29.0 Å². The lowest BCUT2D eigenvalue weighted by Gasteiger charge is -2.44. The standard InChI is InChI=1S/C33H36ClN3O3/c1-23(38)37-21-27-20-28(26-14-12-25(13-15-26)17-19-40-31-11-7-6-10-29(31)34)32(30(22-37)35-27)33(39)36(2)18-16-24-8-4-3-5-9-24/h3-15,27,30,35H,16-22H2,1-2H3/t27?,30-/m1/s1. The molecule has 6 nitrogen and oxygen atoms in total. The molecule has 7 heteroatoms. The maximum atomic E-state index is 13.9. The van der Waals surface area contributed by atoms with Crippen LogP contribution in [0.15, 0.2) is 84.4 Å². The highest BCUT2D eigenvalue weighted by molar-refractivity contribution is 6.32. The molecule has 3 aromatic rings. The number of amides is 2. The van der Waals surface area contributed by atoms with Gasteiger partial charge in [-0.3, -0.25) is 9.59 Å². The van der Waals surface area contributed by atoms with Crippen molar-refractivity contribution in [2.75, 3.05) is 33.3 Å². The summed E-state index contributed by atoms with van der Waals surface area (Å²) in [5.41, 5.74) is 5.26. The average molecular weight is 558 g/mol. The van der Waals surface area contributed by atoms with E-state index >= 15 is 0 Å². The number of rotatable bonds is 9. The molecule has 208 valence electrons. The van der Waals surface area contributed by atoms with Gasteiger partial charge in [-0.1, -0.05) is 78.3 Å². The zero-order valence-corrected chi connectivity index (χ0v) is 23.9. The van der Waals surface area contributed by atoms with E-state index in [1.54, 1.807) is 6.92 Å². The van der Waals surface area contributed by atoms with Crippen LogP contribution in [0.4, 0.5) is 0 Å². The molecule has 5 rings (SSSR count). The van der Waals surface area contributed by atoms with Crippen molar-refractivity contribution in [2.45, 2.75) is 38.3 Å². The van der Waals surface area contributed by atoms with Gasteiger partial charge in [0, 0.05) is 51.6 Å². The van der Waals surface area contributed by atoms with Crippen molar-refractivity contribution in [3.05, 3.63) is 106 Å². The van der Waals surface area contributed by atoms with E-state index in [-0.39, 0.29) is 23.9 Å². The molecular formula is C33H36ClN3O3. The first kappa shape index (κ1) is 27.9. The van der Waals surface area contributed by atoms with Gasteiger partial charge >= 0.3 is 0 Å². The molecule has 2 bridgehead atoms. The summed E-state index contributed by atoms with van der Waals surface area (Å²) in [7, 11) is 1.87. The maximum absolute atomic E-state index is 13.9. The predicted molar refractivity (Wildman–Crippen MR) is 159 cm³/mol. The van der Waals surface area contributed by atoms with Gasteiger partial charge in [-0.2, -0.15) is 0 Å². The molecule has 0 radical (unpaired) electrons. The largest absolute Gasteiger partial charge is 0.492 e. The van der Waals surface area contributed by atoms with E-state index in [0.29, 0.717) is 43.4 Å². The van der Waals surface area contributed by atoms with Crippen molar-refractivity contribution in [1.82, 2.24) is 15.1 Å². The van der Waals surface area contributed by atoms with Crippen LogP contribution in [0.2, 0.25) is 5.02 Å². The Morgan fingerprint density at radius 2 is 1.65 bits per heavy atom. The highest BCUT2D eigenvalue weighted by Crippen LogP contribution is 2.34. The van der Waals surface area contributed by atoms with Crippen LogP contribution in [0.1, 0.15) is 30.0 Å². The van der Waals surface area contributed by atoms with E-state index in [4.69, 9.17) is 16.3 Å². The molecule has 1 fully saturated rings. The third kappa shape index (κ3) is 6.57. The number of fused-ring (bicyclic) bond motifs is 2. The first-order chi connectivity index (χ1) is 19.4. The van der Waals surface area contributed by atoms with E-state index in [1.807, 2.05) is 59.3 Å². The molecule has 3 aromatic carbocycles. The minimum atomic E-state index is -0.193. The molecular weight excluding hydrogens is 522 g/mol. The van der Waals surface area contributed by atoms with Gasteiger partial charge in [0.1, 0.15) is 5.75 Å². The van der Waals surface area contributed by atoms with Crippen molar-refractivity contribution in [1.29, 1.82) is 0 Å². The summed E-state index contributed by atoms with van der Waals surface area (Å²) >= 11 is 6.20. The van der Waals surface area contributed by atoms with Crippen LogP contribution in [0.5, 0.6) is 5.75 Å². The van der Waals surface area contributed by atoms with Gasteiger partial charge in [-0.25, -0.2) is 0 Å². The van der Waals surface area contributed by atoms with Gasteiger partial charge in [0.15, 0.2) is 0 Å². The van der Waals surface area contributed by atoms with Crippen LogP contribution < -0.4 is 10.1 Å². The minimum Gasteiger partial charge on any atom is -0.492 e. The lowest BCUT2D eigenvalue weighted by Crippen LogP contribution is -2.61. The Kier molecular flexibility index (Phi) is 8.88. The van der Waals surface area contributed by atoms with Gasteiger partial charge in [-0.05, 0) is 47.2 Å². The van der Waals surface area contributed by atoms with Crippen molar-refractivity contribution < 1.29 is 14.3 Å². The monoisotopic (exact) mass is 557 g/mol. The number of hydrogen-bond donors (Lipinski definition) is 1. The number of nitrogens with zero attached hydrogens (tertiary/aromatic N) is 2. The van der Waals surface area contributed by atoms with Crippen LogP contribution >= 0.6 is 11.6 Å². The molecule has 2 amide bonds. The van der Waals surface area contributed by atoms with E-state index < -0.39 is 0 Å². The molecule has 2 heterocycles. The number of piperazine rings is 1. The smallest absolute Gasteiger partial charge is 0.251 e. The van der Waals surface area contributed by atoms with Gasteiger partial charge in [0.2, 0.25) is 5.91 Å². The molecule has 2 aliphatic rings. The van der Waals surface area contributed by atoms with Crippen LogP contribution in [-0.4, -0.2) is 67.0 Å². The number of ether oxygens (including phenoxy) is 1. The molecule has 40 heavy (non-hydrogen) atoms. The summed E-state index contributed by atoms with van der Waals surface area (Å²) in [6, 6.07) is 26.1. The Hall–Kier alpha value is -3.61. The maximum Gasteiger partial charge on any atom is 0.251 e. The van der Waals surface area contributed by atoms with Crippen LogP contribution in [0.3, 0.4) is 0 Å². The Morgan fingerprint density at radius 1 is 0.950 bits per heavy atom. The van der Waals surface area contributed by atoms with Crippen LogP contribution in [0.25, 0.3) is 5.57 Å². The topological polar surface area (TPSA) is 61.9 Å². The summed E-state index contributed by atoms with van der Waals surface area (Å²) in [5, 5.41) is 4.24. The number of halogens is 1. The first-order valence-electron chi connectivity index (χ1n) is 13.9. The molecule has 1 N–H and O–H groups in total. The first-order valence-corrected chi connectivity index (χ1v) is 14.3. The van der Waals surface area contributed by atoms with Crippen LogP contribution in [-0.2, 0) is 22.4 Å². The summed E-state index contributed by atoms with van der Waals surface area (Å²) in [5.74, 6) is 0.753. The fourth-order valence-corrected chi connectivity index (χ4v) is 5.78. The predicted octanol–water partition coefficient (Wildman–Crippen LogP) is 5.01. The second kappa shape index (κ2) is 12.7. The normalized spacial score (nSPS) is 18.4. The number of carbonyl (C=O) groups is 2. The summed E-state index contributed by atoms with van der Waals surface area (Å²) < 4.78 is 5.86. The van der Waals surface area contributed by atoms with E-state index in [2.05, 4.69) is 41.7 Å². The number of benzene rings is 3. The van der Waals surface area contributed by atoms with E-state index in [1.165, 1.54) is 5.56 Å². The van der Waals surface area contributed by atoms with E-state index in [0.717, 1.165) is 35.1 Å². The third-order valence-corrected chi connectivity index (χ3v) is 8.11.